The number of ether oxygens (including phenoxy) is 4. The zero-order valence-electron chi connectivity index (χ0n) is 23.2. The van der Waals surface area contributed by atoms with E-state index in [-0.39, 0.29) is 35.6 Å². The van der Waals surface area contributed by atoms with E-state index in [2.05, 4.69) is 0 Å². The molecule has 2 unspecified atom stereocenters. The molecule has 0 N–H and O–H groups in total. The number of methoxy groups -OCH3 is 4. The Morgan fingerprint density at radius 1 is 0.600 bits per heavy atom. The van der Waals surface area contributed by atoms with Crippen LogP contribution in [-0.2, 0) is 46.2 Å². The van der Waals surface area contributed by atoms with Gasteiger partial charge in [-0.25, -0.2) is 0 Å². The van der Waals surface area contributed by atoms with Gasteiger partial charge in [0.15, 0.2) is 17.3 Å². The highest BCUT2D eigenvalue weighted by molar-refractivity contribution is 6.03. The molecule has 40 heavy (non-hydrogen) atoms. The van der Waals surface area contributed by atoms with Gasteiger partial charge in [-0.15, -0.1) is 0 Å². The van der Waals surface area contributed by atoms with Crippen LogP contribution >= 0.6 is 0 Å². The predicted molar refractivity (Wildman–Crippen MR) is 150 cm³/mol. The maximum Gasteiger partial charge on any atom is 0.211 e. The highest BCUT2D eigenvalue weighted by atomic mass is 16.7. The highest BCUT2D eigenvalue weighted by Crippen LogP contribution is 2.43. The average molecular weight is 543 g/mol. The van der Waals surface area contributed by atoms with E-state index in [1.165, 1.54) is 28.4 Å². The van der Waals surface area contributed by atoms with Crippen molar-refractivity contribution in [2.24, 2.45) is 11.8 Å². The van der Waals surface area contributed by atoms with Crippen molar-refractivity contribution in [3.63, 3.8) is 0 Å². The minimum absolute atomic E-state index is 0.111. The number of benzene rings is 2. The van der Waals surface area contributed by atoms with Gasteiger partial charge in [0, 0.05) is 41.3 Å². The second-order valence-electron chi connectivity index (χ2n) is 9.61. The maximum atomic E-state index is 14.4. The summed E-state index contributed by atoms with van der Waals surface area (Å²) in [6.07, 6.45) is 10.1. The van der Waals surface area contributed by atoms with Gasteiger partial charge in [0.1, 0.15) is 0 Å². The normalized spacial score (nSPS) is 20.9. The van der Waals surface area contributed by atoms with Crippen LogP contribution in [0.25, 0.3) is 0 Å². The third-order valence-electron chi connectivity index (χ3n) is 7.54. The maximum absolute atomic E-state index is 14.4. The molecule has 2 atom stereocenters. The summed E-state index contributed by atoms with van der Waals surface area (Å²) in [7, 11) is 5.60. The first-order valence-electron chi connectivity index (χ1n) is 13.0. The Labute approximate surface area is 234 Å². The smallest absolute Gasteiger partial charge is 0.211 e. The fourth-order valence-corrected chi connectivity index (χ4v) is 5.55. The van der Waals surface area contributed by atoms with Crippen LogP contribution in [0.5, 0.6) is 0 Å². The molecule has 2 aromatic carbocycles. The summed E-state index contributed by atoms with van der Waals surface area (Å²) in [5.74, 6) is -6.31. The van der Waals surface area contributed by atoms with E-state index in [1.807, 2.05) is 60.7 Å². The lowest BCUT2D eigenvalue weighted by Gasteiger charge is -2.44. The zero-order chi connectivity index (χ0) is 28.8. The molecule has 0 aromatic heterocycles. The van der Waals surface area contributed by atoms with Gasteiger partial charge < -0.3 is 18.9 Å². The Kier molecular flexibility index (Phi) is 9.22. The van der Waals surface area contributed by atoms with E-state index in [0.717, 1.165) is 11.1 Å². The lowest BCUT2D eigenvalue weighted by Crippen LogP contribution is -2.56. The summed E-state index contributed by atoms with van der Waals surface area (Å²) in [4.78, 5) is 41.4. The third-order valence-corrected chi connectivity index (χ3v) is 7.54. The zero-order valence-corrected chi connectivity index (χ0v) is 23.2. The molecule has 208 valence electrons. The summed E-state index contributed by atoms with van der Waals surface area (Å²) in [6, 6.07) is 18.6. The van der Waals surface area contributed by atoms with Gasteiger partial charge in [-0.3, -0.25) is 14.4 Å². The Bertz CT molecular complexity index is 1240. The van der Waals surface area contributed by atoms with Gasteiger partial charge in [-0.2, -0.15) is 0 Å². The summed E-state index contributed by atoms with van der Waals surface area (Å²) < 4.78 is 23.4. The van der Waals surface area contributed by atoms with Crippen molar-refractivity contribution in [3.05, 3.63) is 119 Å². The molecular weight excluding hydrogens is 508 g/mol. The van der Waals surface area contributed by atoms with Gasteiger partial charge in [-0.05, 0) is 11.1 Å². The topological polar surface area (TPSA) is 88.1 Å². The van der Waals surface area contributed by atoms with Crippen LogP contribution < -0.4 is 0 Å². The molecule has 0 saturated carbocycles. The van der Waals surface area contributed by atoms with Crippen LogP contribution in [0, 0.1) is 11.8 Å². The van der Waals surface area contributed by atoms with Crippen molar-refractivity contribution in [2.45, 2.75) is 24.4 Å². The van der Waals surface area contributed by atoms with Gasteiger partial charge in [-0.1, -0.05) is 97.1 Å². The van der Waals surface area contributed by atoms with Crippen LogP contribution in [0.1, 0.15) is 11.1 Å². The molecular formula is C33H34O7. The molecule has 0 fully saturated rings. The molecule has 7 nitrogen and oxygen atoms in total. The van der Waals surface area contributed by atoms with E-state index < -0.39 is 29.2 Å². The number of allylic oxidation sites excluding steroid dienone is 4. The van der Waals surface area contributed by atoms with Crippen LogP contribution in [0.15, 0.2) is 108 Å². The fourth-order valence-electron chi connectivity index (χ4n) is 5.55. The van der Waals surface area contributed by atoms with E-state index in [4.69, 9.17) is 18.9 Å². The molecule has 2 aliphatic carbocycles. The Morgan fingerprint density at radius 3 is 1.27 bits per heavy atom. The first-order valence-corrected chi connectivity index (χ1v) is 13.0. The van der Waals surface area contributed by atoms with Crippen molar-refractivity contribution >= 4 is 17.3 Å². The lowest BCUT2D eigenvalue weighted by atomic mass is 9.72. The first kappa shape index (κ1) is 29.2. The van der Waals surface area contributed by atoms with Crippen LogP contribution in [0.4, 0.5) is 0 Å². The molecule has 0 amide bonds. The van der Waals surface area contributed by atoms with Crippen LogP contribution in [-0.4, -0.2) is 57.4 Å². The van der Waals surface area contributed by atoms with E-state index in [9.17, 15) is 14.4 Å². The van der Waals surface area contributed by atoms with Crippen molar-refractivity contribution in [1.29, 1.82) is 0 Å². The van der Waals surface area contributed by atoms with E-state index in [0.29, 0.717) is 0 Å². The van der Waals surface area contributed by atoms with Gasteiger partial charge in [0.25, 0.3) is 0 Å². The molecule has 0 bridgehead atoms. The van der Waals surface area contributed by atoms with Gasteiger partial charge >= 0.3 is 0 Å². The number of carbonyl (C=O) groups is 3. The Hall–Kier alpha value is -3.75. The van der Waals surface area contributed by atoms with Crippen molar-refractivity contribution in [1.82, 2.24) is 0 Å². The van der Waals surface area contributed by atoms with Gasteiger partial charge in [0.05, 0.1) is 23.0 Å². The third kappa shape index (κ3) is 5.33. The lowest BCUT2D eigenvalue weighted by molar-refractivity contribution is -0.222. The second kappa shape index (κ2) is 12.6. The number of hydrogen-bond donors (Lipinski definition) is 0. The summed E-state index contributed by atoms with van der Waals surface area (Å²) in [5.41, 5.74) is 2.09. The molecule has 0 radical (unpaired) electrons. The summed E-state index contributed by atoms with van der Waals surface area (Å²) in [5, 5.41) is 0. The minimum Gasteiger partial charge on any atom is -0.348 e. The largest absolute Gasteiger partial charge is 0.348 e. The van der Waals surface area contributed by atoms with Gasteiger partial charge in [0.2, 0.25) is 11.6 Å². The van der Waals surface area contributed by atoms with Crippen molar-refractivity contribution in [2.75, 3.05) is 28.4 Å². The Balaban J connectivity index is 1.67. The molecule has 2 aliphatic rings. The molecule has 2 aromatic rings. The SMILES string of the molecule is COC1(OC)C(C(=O)Cc2ccccc2)=CC=CC1C(=O)C1C=CC=C(C(=O)Cc2ccccc2)C1(OC)OC. The minimum atomic E-state index is -1.69. The highest BCUT2D eigenvalue weighted by Gasteiger charge is 2.56. The first-order chi connectivity index (χ1) is 19.4. The number of carbonyl (C=O) groups excluding carboxylic acids is 3. The number of ketones is 3. The predicted octanol–water partition coefficient (Wildman–Crippen LogP) is 4.38. The average Bonchev–Trinajstić information content (AvgIpc) is 3.00. The second-order valence-corrected chi connectivity index (χ2v) is 9.61. The molecule has 4 rings (SSSR count). The molecule has 0 aliphatic heterocycles. The summed E-state index contributed by atoms with van der Waals surface area (Å²) in [6.45, 7) is 0. The van der Waals surface area contributed by atoms with E-state index in [1.54, 1.807) is 36.5 Å². The molecule has 0 spiro atoms. The fraction of sp³-hybridized carbons (Fsp3) is 0.303. The van der Waals surface area contributed by atoms with Crippen molar-refractivity contribution in [3.8, 4) is 0 Å². The van der Waals surface area contributed by atoms with Crippen LogP contribution in [0.2, 0.25) is 0 Å². The Morgan fingerprint density at radius 2 is 0.950 bits per heavy atom. The number of hydrogen-bond acceptors (Lipinski definition) is 7. The molecule has 0 heterocycles. The standard InChI is InChI=1S/C33H34O7/c1-37-32(38-2)25(29(34)21-23-13-7-5-8-14-23)17-11-19-27(32)31(36)28-20-12-18-26(33(28,39-3)40-4)30(35)22-24-15-9-6-10-16-24/h5-20,27-28H,21-22H2,1-4H3. The molecule has 0 saturated heterocycles. The number of Topliss-reactive ketones (excluding diaryl/α,β-unsaturated/α-hetero) is 3. The quantitative estimate of drug-likeness (QED) is 0.368. The molecule has 7 heteroatoms. The van der Waals surface area contributed by atoms with E-state index >= 15 is 0 Å². The van der Waals surface area contributed by atoms with Crippen LogP contribution in [0.3, 0.4) is 0 Å². The monoisotopic (exact) mass is 542 g/mol. The van der Waals surface area contributed by atoms with Crippen molar-refractivity contribution < 1.29 is 33.3 Å². The summed E-state index contributed by atoms with van der Waals surface area (Å²) >= 11 is 0. The number of rotatable bonds is 12.